The molecule has 1 N–H and O–H groups in total. The van der Waals surface area contributed by atoms with Gasteiger partial charge in [0.15, 0.2) is 0 Å². The van der Waals surface area contributed by atoms with Crippen LogP contribution in [0.25, 0.3) is 0 Å². The van der Waals surface area contributed by atoms with E-state index in [0.717, 1.165) is 30.2 Å². The van der Waals surface area contributed by atoms with Crippen LogP contribution in [0.1, 0.15) is 39.0 Å². The van der Waals surface area contributed by atoms with Crippen molar-refractivity contribution < 1.29 is 4.79 Å². The van der Waals surface area contributed by atoms with E-state index < -0.39 is 0 Å². The molecule has 0 aromatic carbocycles. The Hall–Kier alpha value is -0.570. The summed E-state index contributed by atoms with van der Waals surface area (Å²) >= 11 is 0. The van der Waals surface area contributed by atoms with Crippen LogP contribution in [-0.4, -0.2) is 37.0 Å². The second kappa shape index (κ2) is 4.84. The fraction of sp³-hybridized carbons (Fsp3) is 0.933. The second-order valence-corrected chi connectivity index (χ2v) is 6.63. The average Bonchev–Trinajstić information content (AvgIpc) is 2.33. The van der Waals surface area contributed by atoms with Crippen molar-refractivity contribution >= 4 is 5.91 Å². The molecule has 18 heavy (non-hydrogen) atoms. The highest BCUT2D eigenvalue weighted by atomic mass is 16.2. The molecule has 4 bridgehead atoms. The Balaban J connectivity index is 1.76. The van der Waals surface area contributed by atoms with Gasteiger partial charge in [0.05, 0.1) is 6.54 Å². The Labute approximate surface area is 110 Å². The molecule has 4 saturated carbocycles. The maximum absolute atomic E-state index is 12.3. The summed E-state index contributed by atoms with van der Waals surface area (Å²) in [5.41, 5.74) is 0. The monoisotopic (exact) mass is 250 g/mol. The van der Waals surface area contributed by atoms with E-state index in [2.05, 4.69) is 17.1 Å². The molecule has 0 saturated heterocycles. The third kappa shape index (κ3) is 1.97. The molecule has 1 amide bonds. The standard InChI is InChI=1S/C15H26N2O/c1-3-17(14(18)9-16-2)15-12-5-10-4-11(7-12)8-13(15)6-10/h10-13,15-16H,3-9H2,1-2H3. The lowest BCUT2D eigenvalue weighted by molar-refractivity contribution is -0.142. The summed E-state index contributed by atoms with van der Waals surface area (Å²) < 4.78 is 0. The van der Waals surface area contributed by atoms with Crippen LogP contribution >= 0.6 is 0 Å². The lowest BCUT2D eigenvalue weighted by Crippen LogP contribution is -2.58. The molecule has 4 aliphatic rings. The summed E-state index contributed by atoms with van der Waals surface area (Å²) in [5, 5.41) is 3.01. The molecular weight excluding hydrogens is 224 g/mol. The van der Waals surface area contributed by atoms with Gasteiger partial charge in [0.1, 0.15) is 0 Å². The number of likely N-dealkylation sites (N-methyl/N-ethyl adjacent to an activating group) is 2. The number of amides is 1. The molecule has 0 spiro atoms. The van der Waals surface area contributed by atoms with Crippen LogP contribution in [0.2, 0.25) is 0 Å². The van der Waals surface area contributed by atoms with Gasteiger partial charge in [-0.15, -0.1) is 0 Å². The fourth-order valence-corrected chi connectivity index (χ4v) is 5.21. The molecule has 0 aromatic rings. The van der Waals surface area contributed by atoms with Crippen molar-refractivity contribution in [2.24, 2.45) is 23.7 Å². The topological polar surface area (TPSA) is 32.3 Å². The van der Waals surface area contributed by atoms with Gasteiger partial charge in [-0.1, -0.05) is 0 Å². The summed E-state index contributed by atoms with van der Waals surface area (Å²) in [7, 11) is 1.86. The minimum Gasteiger partial charge on any atom is -0.338 e. The van der Waals surface area contributed by atoms with Crippen molar-refractivity contribution in [1.29, 1.82) is 0 Å². The van der Waals surface area contributed by atoms with E-state index in [1.807, 2.05) is 7.05 Å². The molecule has 102 valence electrons. The summed E-state index contributed by atoms with van der Waals surface area (Å²) in [6.07, 6.45) is 7.04. The van der Waals surface area contributed by atoms with Crippen molar-refractivity contribution in [2.45, 2.75) is 45.1 Å². The molecule has 4 rings (SSSR count). The van der Waals surface area contributed by atoms with Gasteiger partial charge in [0.2, 0.25) is 5.91 Å². The third-order valence-electron chi connectivity index (χ3n) is 5.53. The smallest absolute Gasteiger partial charge is 0.236 e. The molecule has 0 unspecified atom stereocenters. The first-order valence-corrected chi connectivity index (χ1v) is 7.67. The molecular formula is C15H26N2O. The molecule has 0 aromatic heterocycles. The van der Waals surface area contributed by atoms with E-state index in [-0.39, 0.29) is 0 Å². The molecule has 0 radical (unpaired) electrons. The van der Waals surface area contributed by atoms with Crippen LogP contribution in [0.5, 0.6) is 0 Å². The number of carbonyl (C=O) groups is 1. The van der Waals surface area contributed by atoms with Crippen molar-refractivity contribution in [3.05, 3.63) is 0 Å². The largest absolute Gasteiger partial charge is 0.338 e. The van der Waals surface area contributed by atoms with Crippen molar-refractivity contribution in [1.82, 2.24) is 10.2 Å². The zero-order valence-corrected chi connectivity index (χ0v) is 11.7. The van der Waals surface area contributed by atoms with Crippen LogP contribution in [0.4, 0.5) is 0 Å². The van der Waals surface area contributed by atoms with Gasteiger partial charge < -0.3 is 10.2 Å². The summed E-state index contributed by atoms with van der Waals surface area (Å²) in [5.74, 6) is 3.89. The van der Waals surface area contributed by atoms with Gasteiger partial charge in [-0.25, -0.2) is 0 Å². The number of rotatable bonds is 4. The van der Waals surface area contributed by atoms with Crippen LogP contribution in [-0.2, 0) is 4.79 Å². The molecule has 0 atom stereocenters. The number of hydrogen-bond acceptors (Lipinski definition) is 2. The van der Waals surface area contributed by atoms with Gasteiger partial charge in [-0.2, -0.15) is 0 Å². The van der Waals surface area contributed by atoms with E-state index in [1.54, 1.807) is 0 Å². The van der Waals surface area contributed by atoms with Gasteiger partial charge in [-0.05, 0) is 69.7 Å². The van der Waals surface area contributed by atoms with E-state index in [4.69, 9.17) is 0 Å². The highest BCUT2D eigenvalue weighted by Crippen LogP contribution is 2.55. The predicted molar refractivity (Wildman–Crippen MR) is 72.1 cm³/mol. The maximum Gasteiger partial charge on any atom is 0.236 e. The Morgan fingerprint density at radius 2 is 1.67 bits per heavy atom. The number of hydrogen-bond donors (Lipinski definition) is 1. The molecule has 4 fully saturated rings. The predicted octanol–water partition coefficient (Wildman–Crippen LogP) is 1.88. The minimum atomic E-state index is 0.303. The zero-order valence-electron chi connectivity index (χ0n) is 11.7. The van der Waals surface area contributed by atoms with E-state index in [1.165, 1.54) is 32.1 Å². The normalized spacial score (nSPS) is 41.1. The lowest BCUT2D eigenvalue weighted by atomic mass is 9.54. The Bertz CT molecular complexity index is 300. The number of carbonyl (C=O) groups excluding carboxylic acids is 1. The van der Waals surface area contributed by atoms with Gasteiger partial charge in [0.25, 0.3) is 0 Å². The van der Waals surface area contributed by atoms with Crippen LogP contribution in [0.15, 0.2) is 0 Å². The quantitative estimate of drug-likeness (QED) is 0.826. The van der Waals surface area contributed by atoms with Gasteiger partial charge in [0, 0.05) is 12.6 Å². The van der Waals surface area contributed by atoms with E-state index in [0.29, 0.717) is 18.5 Å². The van der Waals surface area contributed by atoms with Gasteiger partial charge in [-0.3, -0.25) is 4.79 Å². The van der Waals surface area contributed by atoms with Crippen LogP contribution in [0.3, 0.4) is 0 Å². The molecule has 4 aliphatic carbocycles. The third-order valence-corrected chi connectivity index (χ3v) is 5.53. The first kappa shape index (κ1) is 12.5. The first-order chi connectivity index (χ1) is 8.72. The van der Waals surface area contributed by atoms with Crippen molar-refractivity contribution in [3.8, 4) is 0 Å². The Morgan fingerprint density at radius 1 is 1.11 bits per heavy atom. The minimum absolute atomic E-state index is 0.303. The van der Waals surface area contributed by atoms with Crippen molar-refractivity contribution in [3.63, 3.8) is 0 Å². The highest BCUT2D eigenvalue weighted by molar-refractivity contribution is 5.78. The van der Waals surface area contributed by atoms with Crippen LogP contribution in [0, 0.1) is 23.7 Å². The summed E-state index contributed by atoms with van der Waals surface area (Å²) in [6, 6.07) is 0.559. The van der Waals surface area contributed by atoms with E-state index >= 15 is 0 Å². The average molecular weight is 250 g/mol. The van der Waals surface area contributed by atoms with Crippen molar-refractivity contribution in [2.75, 3.05) is 20.1 Å². The fourth-order valence-electron chi connectivity index (χ4n) is 5.21. The number of nitrogens with one attached hydrogen (secondary N) is 1. The molecule has 3 heteroatoms. The Kier molecular flexibility index (Phi) is 3.35. The van der Waals surface area contributed by atoms with E-state index in [9.17, 15) is 4.79 Å². The number of nitrogens with zero attached hydrogens (tertiary/aromatic N) is 1. The molecule has 0 heterocycles. The lowest BCUT2D eigenvalue weighted by Gasteiger charge is -2.57. The summed E-state index contributed by atoms with van der Waals surface area (Å²) in [4.78, 5) is 14.4. The maximum atomic E-state index is 12.3. The SMILES string of the molecule is CCN(C(=O)CNC)C1C2CC3CC(C2)CC1C3. The zero-order chi connectivity index (χ0) is 12.7. The Morgan fingerprint density at radius 3 is 2.11 bits per heavy atom. The molecule has 3 nitrogen and oxygen atoms in total. The summed E-state index contributed by atoms with van der Waals surface area (Å²) in [6.45, 7) is 3.52. The molecule has 0 aliphatic heterocycles. The van der Waals surface area contributed by atoms with Gasteiger partial charge >= 0.3 is 0 Å². The second-order valence-electron chi connectivity index (χ2n) is 6.63. The highest BCUT2D eigenvalue weighted by Gasteiger charge is 2.50. The van der Waals surface area contributed by atoms with Crippen LogP contribution < -0.4 is 5.32 Å². The first-order valence-electron chi connectivity index (χ1n) is 7.67.